The Morgan fingerprint density at radius 1 is 1.11 bits per heavy atom. The highest BCUT2D eigenvalue weighted by atomic mass is 35.5. The lowest BCUT2D eigenvalue weighted by molar-refractivity contribution is -0.301. The zero-order valence-corrected chi connectivity index (χ0v) is 19.2. The maximum atomic E-state index is 13.7. The predicted octanol–water partition coefficient (Wildman–Crippen LogP) is 1.61. The minimum atomic E-state index is -2.72. The second-order valence-electron chi connectivity index (χ2n) is 7.50. The van der Waals surface area contributed by atoms with E-state index in [4.69, 9.17) is 30.5 Å². The van der Waals surface area contributed by atoms with Crippen LogP contribution in [-0.2, 0) is 33.3 Å². The highest BCUT2D eigenvalue weighted by molar-refractivity contribution is 6.22. The van der Waals surface area contributed by atoms with Crippen molar-refractivity contribution in [3.63, 3.8) is 0 Å². The Morgan fingerprint density at radius 3 is 2.26 bits per heavy atom. The van der Waals surface area contributed by atoms with Crippen LogP contribution in [0.25, 0.3) is 11.3 Å². The van der Waals surface area contributed by atoms with Gasteiger partial charge in [-0.15, -0.1) is 5.10 Å². The summed E-state index contributed by atoms with van der Waals surface area (Å²) in [4.78, 5) is 34.9. The van der Waals surface area contributed by atoms with Crippen LogP contribution in [0.1, 0.15) is 26.8 Å². The molecule has 1 aliphatic heterocycles. The number of alkyl halides is 1. The molecule has 190 valence electrons. The molecule has 1 aromatic carbocycles. The van der Waals surface area contributed by atoms with E-state index in [-0.39, 0.29) is 11.3 Å². The monoisotopic (exact) mass is 521 g/mol. The molecule has 1 aliphatic rings. The minimum Gasteiger partial charge on any atom is -0.463 e. The first kappa shape index (κ1) is 26.4. The lowest BCUT2D eigenvalue weighted by atomic mass is 9.95. The van der Waals surface area contributed by atoms with Crippen LogP contribution in [0.3, 0.4) is 0 Å². The van der Waals surface area contributed by atoms with Crippen molar-refractivity contribution >= 4 is 29.5 Å². The lowest BCUT2D eigenvalue weighted by Crippen LogP contribution is -2.62. The third kappa shape index (κ3) is 5.89. The number of benzene rings is 1. The van der Waals surface area contributed by atoms with Crippen molar-refractivity contribution in [2.45, 2.75) is 50.4 Å². The summed E-state index contributed by atoms with van der Waals surface area (Å²) >= 11 is 6.09. The first-order valence-electron chi connectivity index (χ1n) is 9.93. The number of carbonyl (C=O) groups excluding carboxylic acids is 3. The van der Waals surface area contributed by atoms with Crippen molar-refractivity contribution in [1.29, 1.82) is 0 Å². The van der Waals surface area contributed by atoms with Crippen LogP contribution in [0, 0.1) is 17.5 Å². The highest BCUT2D eigenvalue weighted by Crippen LogP contribution is 2.41. The van der Waals surface area contributed by atoms with Gasteiger partial charge in [-0.05, 0) is 12.1 Å². The van der Waals surface area contributed by atoms with Gasteiger partial charge in [0.25, 0.3) is 5.25 Å². The largest absolute Gasteiger partial charge is 0.463 e. The Hall–Kier alpha value is -3.23. The number of rotatable bonds is 6. The molecule has 0 unspecified atom stereocenters. The van der Waals surface area contributed by atoms with Crippen molar-refractivity contribution in [3.8, 4) is 11.3 Å². The Balaban J connectivity index is 2.10. The summed E-state index contributed by atoms with van der Waals surface area (Å²) in [5.74, 6) is -7.11. The average molecular weight is 522 g/mol. The average Bonchev–Trinajstić information content (AvgIpc) is 3.22. The number of hydrogen-bond donors (Lipinski definition) is 1. The number of halogens is 4. The number of aliphatic hydroxyl groups is 1. The molecule has 1 saturated heterocycles. The Bertz CT molecular complexity index is 1120. The SMILES string of the molecule is CC(=O)OC[C@H]1O[C@@](O)(Cl)[C@H](OC(C)=O)[C@@H](n2cc(-c3cc(F)c(F)c(F)c3)nn2)[C@H]1OC(C)=O. The molecule has 15 heteroatoms. The molecule has 35 heavy (non-hydrogen) atoms. The van der Waals surface area contributed by atoms with Gasteiger partial charge in [0.05, 0.1) is 6.20 Å². The summed E-state index contributed by atoms with van der Waals surface area (Å²) in [6, 6.07) is -0.0905. The fraction of sp³-hybridized carbons (Fsp3) is 0.450. The fourth-order valence-electron chi connectivity index (χ4n) is 3.48. The molecule has 2 heterocycles. The summed E-state index contributed by atoms with van der Waals surface area (Å²) < 4.78 is 62.4. The minimum absolute atomic E-state index is 0.160. The van der Waals surface area contributed by atoms with Crippen LogP contribution in [0.4, 0.5) is 13.2 Å². The Morgan fingerprint density at radius 2 is 1.71 bits per heavy atom. The molecular formula is C20H19ClF3N3O8. The van der Waals surface area contributed by atoms with E-state index in [2.05, 4.69) is 10.3 Å². The third-order valence-corrected chi connectivity index (χ3v) is 5.13. The van der Waals surface area contributed by atoms with Crippen LogP contribution in [0.5, 0.6) is 0 Å². The van der Waals surface area contributed by atoms with Crippen LogP contribution in [0.2, 0.25) is 0 Å². The van der Waals surface area contributed by atoms with Crippen molar-refractivity contribution in [2.24, 2.45) is 0 Å². The molecule has 0 radical (unpaired) electrons. The second-order valence-corrected chi connectivity index (χ2v) is 8.04. The van der Waals surface area contributed by atoms with Crippen LogP contribution in [-0.4, -0.2) is 68.2 Å². The normalized spacial score (nSPS) is 26.2. The van der Waals surface area contributed by atoms with E-state index in [0.29, 0.717) is 12.1 Å². The summed E-state index contributed by atoms with van der Waals surface area (Å²) in [7, 11) is 0. The number of esters is 3. The van der Waals surface area contributed by atoms with E-state index in [0.717, 1.165) is 31.6 Å². The van der Waals surface area contributed by atoms with Gasteiger partial charge >= 0.3 is 17.9 Å². The molecule has 1 aromatic heterocycles. The summed E-state index contributed by atoms with van der Waals surface area (Å²) in [6.45, 7) is 2.62. The van der Waals surface area contributed by atoms with E-state index in [9.17, 15) is 32.7 Å². The van der Waals surface area contributed by atoms with E-state index in [1.165, 1.54) is 0 Å². The molecule has 5 atom stereocenters. The standard InChI is InChI=1S/C20H19ClF3N3O8/c1-8(28)32-7-15-18(33-9(2)29)17(19(34-10(3)30)20(21,31)35-15)27-6-14(25-26-27)11-4-12(22)16(24)13(23)5-11/h4-6,15,17-19,31H,7H2,1-3H3/t15-,17+,18+,19-,20-/m1/s1. The molecule has 1 N–H and O–H groups in total. The van der Waals surface area contributed by atoms with Gasteiger partial charge in [0, 0.05) is 26.3 Å². The first-order chi connectivity index (χ1) is 16.3. The van der Waals surface area contributed by atoms with Crippen molar-refractivity contribution in [3.05, 3.63) is 35.8 Å². The van der Waals surface area contributed by atoms with Gasteiger partial charge in [-0.3, -0.25) is 14.4 Å². The summed E-state index contributed by atoms with van der Waals surface area (Å²) in [5, 5.41) is 15.6. The van der Waals surface area contributed by atoms with Gasteiger partial charge in [-0.25, -0.2) is 17.9 Å². The van der Waals surface area contributed by atoms with Crippen LogP contribution >= 0.6 is 11.6 Å². The zero-order chi connectivity index (χ0) is 26.1. The first-order valence-corrected chi connectivity index (χ1v) is 10.3. The van der Waals surface area contributed by atoms with Gasteiger partial charge in [-0.2, -0.15) is 0 Å². The van der Waals surface area contributed by atoms with E-state index in [1.54, 1.807) is 0 Å². The molecule has 3 rings (SSSR count). The van der Waals surface area contributed by atoms with Crippen LogP contribution < -0.4 is 0 Å². The molecule has 1 fully saturated rings. The fourth-order valence-corrected chi connectivity index (χ4v) is 3.77. The number of nitrogens with zero attached hydrogens (tertiary/aromatic N) is 3. The third-order valence-electron chi connectivity index (χ3n) is 4.82. The maximum absolute atomic E-state index is 13.7. The van der Waals surface area contributed by atoms with E-state index < -0.39 is 71.6 Å². The van der Waals surface area contributed by atoms with E-state index in [1.807, 2.05) is 0 Å². The molecular weight excluding hydrogens is 503 g/mol. The van der Waals surface area contributed by atoms with Gasteiger partial charge in [-0.1, -0.05) is 16.8 Å². The van der Waals surface area contributed by atoms with Crippen molar-refractivity contribution in [2.75, 3.05) is 6.61 Å². The van der Waals surface area contributed by atoms with Gasteiger partial charge in [0.1, 0.15) is 24.4 Å². The highest BCUT2D eigenvalue weighted by Gasteiger charge is 2.58. The topological polar surface area (TPSA) is 139 Å². The van der Waals surface area contributed by atoms with Crippen LogP contribution in [0.15, 0.2) is 18.3 Å². The molecule has 11 nitrogen and oxygen atoms in total. The number of aromatic nitrogens is 3. The van der Waals surface area contributed by atoms with Gasteiger partial charge in [0.2, 0.25) is 0 Å². The number of hydrogen-bond acceptors (Lipinski definition) is 10. The number of carbonyl (C=O) groups is 3. The van der Waals surface area contributed by atoms with Gasteiger partial charge in [0.15, 0.2) is 29.7 Å². The quantitative estimate of drug-likeness (QED) is 0.258. The zero-order valence-electron chi connectivity index (χ0n) is 18.4. The maximum Gasteiger partial charge on any atom is 0.303 e. The summed E-state index contributed by atoms with van der Waals surface area (Å²) in [5.41, 5.74) is -0.363. The Kier molecular flexibility index (Phi) is 7.67. The molecule has 0 aliphatic carbocycles. The smallest absolute Gasteiger partial charge is 0.303 e. The Labute approximate surface area is 200 Å². The molecule has 2 aromatic rings. The van der Waals surface area contributed by atoms with Crippen molar-refractivity contribution in [1.82, 2.24) is 15.0 Å². The summed E-state index contributed by atoms with van der Waals surface area (Å²) in [6.07, 6.45) is -3.47. The lowest BCUT2D eigenvalue weighted by Gasteiger charge is -2.46. The number of ether oxygens (including phenoxy) is 4. The second kappa shape index (κ2) is 10.2. The molecule has 0 amide bonds. The van der Waals surface area contributed by atoms with Crippen molar-refractivity contribution < 1.29 is 51.6 Å². The van der Waals surface area contributed by atoms with Gasteiger partial charge < -0.3 is 24.1 Å². The molecule has 0 spiro atoms. The molecule has 0 saturated carbocycles. The molecule has 0 bridgehead atoms. The predicted molar refractivity (Wildman–Crippen MR) is 108 cm³/mol. The van der Waals surface area contributed by atoms with E-state index >= 15 is 0 Å².